The molecule has 0 atom stereocenters. The van der Waals surface area contributed by atoms with Crippen molar-refractivity contribution in [1.29, 1.82) is 0 Å². The normalized spacial score (nSPS) is 13.8. The fraction of sp³-hybridized carbons (Fsp3) is 0.208. The van der Waals surface area contributed by atoms with Gasteiger partial charge in [-0.3, -0.25) is 19.6 Å². The van der Waals surface area contributed by atoms with E-state index in [-0.39, 0.29) is 22.2 Å². The summed E-state index contributed by atoms with van der Waals surface area (Å²) in [4.78, 5) is 25.0. The number of carbonyl (C=O) groups is 1. The molecule has 3 aromatic rings. The molecule has 3 aromatic carbocycles. The summed E-state index contributed by atoms with van der Waals surface area (Å²) in [5.74, 6) is -0.316. The van der Waals surface area contributed by atoms with Gasteiger partial charge in [0.25, 0.3) is 21.6 Å². The van der Waals surface area contributed by atoms with Crippen LogP contribution in [0.5, 0.6) is 0 Å². The van der Waals surface area contributed by atoms with Gasteiger partial charge in [0.1, 0.15) is 0 Å². The van der Waals surface area contributed by atoms with Crippen LogP contribution in [0, 0.1) is 10.1 Å². The molecule has 34 heavy (non-hydrogen) atoms. The topological polar surface area (TPSA) is 122 Å². The molecule has 0 unspecified atom stereocenters. The van der Waals surface area contributed by atoms with E-state index in [1.807, 2.05) is 24.3 Å². The van der Waals surface area contributed by atoms with E-state index in [1.54, 1.807) is 0 Å². The number of nitrogens with one attached hydrogen (secondary N) is 2. The third kappa shape index (κ3) is 5.52. The number of anilines is 3. The van der Waals surface area contributed by atoms with E-state index < -0.39 is 14.9 Å². The first-order chi connectivity index (χ1) is 16.3. The van der Waals surface area contributed by atoms with E-state index in [0.29, 0.717) is 11.3 Å². The van der Waals surface area contributed by atoms with Gasteiger partial charge in [0, 0.05) is 47.8 Å². The van der Waals surface area contributed by atoms with Crippen molar-refractivity contribution in [2.75, 3.05) is 28.0 Å². The average molecular weight is 481 g/mol. The lowest BCUT2D eigenvalue weighted by molar-refractivity contribution is -0.385. The second-order valence-corrected chi connectivity index (χ2v) is 9.67. The zero-order valence-corrected chi connectivity index (χ0v) is 19.1. The molecule has 1 aliphatic rings. The molecular formula is C24H24N4O5S. The van der Waals surface area contributed by atoms with Gasteiger partial charge in [0.15, 0.2) is 0 Å². The summed E-state index contributed by atoms with van der Waals surface area (Å²) in [5.41, 5.74) is 2.03. The second kappa shape index (κ2) is 9.92. The van der Waals surface area contributed by atoms with E-state index in [1.165, 1.54) is 48.9 Å². The molecule has 1 heterocycles. The van der Waals surface area contributed by atoms with Crippen molar-refractivity contribution >= 4 is 38.7 Å². The standard InChI is InChI=1S/C24H24N4O5S/c29-24(25-20-6-4-7-21(16-20)27-14-2-1-3-15-27)18-10-12-19(13-11-18)26-34(32,33)23-9-5-8-22(17-23)28(30)31/h4-13,16-17,26H,1-3,14-15H2,(H,25,29). The summed E-state index contributed by atoms with van der Waals surface area (Å²) < 4.78 is 27.5. The van der Waals surface area contributed by atoms with E-state index >= 15 is 0 Å². The fourth-order valence-corrected chi connectivity index (χ4v) is 4.90. The molecule has 1 amide bonds. The Hall–Kier alpha value is -3.92. The Morgan fingerprint density at radius 2 is 1.59 bits per heavy atom. The summed E-state index contributed by atoms with van der Waals surface area (Å²) in [7, 11) is -4.03. The highest BCUT2D eigenvalue weighted by Crippen LogP contribution is 2.24. The van der Waals surface area contributed by atoms with Crippen molar-refractivity contribution in [2.24, 2.45) is 0 Å². The second-order valence-electron chi connectivity index (χ2n) is 7.99. The number of nitrogens with zero attached hydrogens (tertiary/aromatic N) is 2. The summed E-state index contributed by atoms with van der Waals surface area (Å²) in [6, 6.07) is 18.4. The van der Waals surface area contributed by atoms with Crippen LogP contribution < -0.4 is 14.9 Å². The van der Waals surface area contributed by atoms with Gasteiger partial charge in [-0.1, -0.05) is 12.1 Å². The lowest BCUT2D eigenvalue weighted by Gasteiger charge is -2.29. The molecule has 0 saturated carbocycles. The van der Waals surface area contributed by atoms with Gasteiger partial charge < -0.3 is 10.2 Å². The molecule has 1 fully saturated rings. The Kier molecular flexibility index (Phi) is 6.78. The van der Waals surface area contributed by atoms with E-state index in [0.717, 1.165) is 37.7 Å². The average Bonchev–Trinajstić information content (AvgIpc) is 2.85. The van der Waals surface area contributed by atoms with Gasteiger partial charge in [-0.2, -0.15) is 0 Å². The van der Waals surface area contributed by atoms with Crippen LogP contribution in [0.4, 0.5) is 22.7 Å². The maximum absolute atomic E-state index is 12.7. The number of nitro groups is 1. The maximum atomic E-state index is 12.7. The molecule has 0 bridgehead atoms. The number of carbonyl (C=O) groups excluding carboxylic acids is 1. The molecule has 9 nitrogen and oxygen atoms in total. The first kappa shape index (κ1) is 23.2. The van der Waals surface area contributed by atoms with Crippen LogP contribution in [0.1, 0.15) is 29.6 Å². The number of hydrogen-bond acceptors (Lipinski definition) is 6. The van der Waals surface area contributed by atoms with Gasteiger partial charge in [-0.05, 0) is 67.8 Å². The predicted molar refractivity (Wildman–Crippen MR) is 131 cm³/mol. The lowest BCUT2D eigenvalue weighted by Crippen LogP contribution is -2.29. The first-order valence-electron chi connectivity index (χ1n) is 10.9. The van der Waals surface area contributed by atoms with Crippen molar-refractivity contribution in [3.8, 4) is 0 Å². The molecule has 0 spiro atoms. The van der Waals surface area contributed by atoms with Crippen LogP contribution in [-0.4, -0.2) is 32.3 Å². The minimum Gasteiger partial charge on any atom is -0.371 e. The highest BCUT2D eigenvalue weighted by molar-refractivity contribution is 7.92. The lowest BCUT2D eigenvalue weighted by atomic mass is 10.1. The summed E-state index contributed by atoms with van der Waals surface area (Å²) in [6.07, 6.45) is 3.56. The van der Waals surface area contributed by atoms with Crippen molar-refractivity contribution in [1.82, 2.24) is 0 Å². The molecular weight excluding hydrogens is 456 g/mol. The van der Waals surface area contributed by atoms with Crippen molar-refractivity contribution in [3.63, 3.8) is 0 Å². The van der Waals surface area contributed by atoms with Crippen molar-refractivity contribution in [2.45, 2.75) is 24.2 Å². The van der Waals surface area contributed by atoms with Crippen LogP contribution in [0.25, 0.3) is 0 Å². The van der Waals surface area contributed by atoms with Crippen LogP contribution in [0.2, 0.25) is 0 Å². The third-order valence-corrected chi connectivity index (χ3v) is 6.94. The molecule has 2 N–H and O–H groups in total. The fourth-order valence-electron chi connectivity index (χ4n) is 3.80. The Morgan fingerprint density at radius 1 is 0.882 bits per heavy atom. The van der Waals surface area contributed by atoms with Crippen LogP contribution in [-0.2, 0) is 10.0 Å². The zero-order chi connectivity index (χ0) is 24.1. The molecule has 0 aromatic heterocycles. The molecule has 1 aliphatic heterocycles. The number of piperidine rings is 1. The third-order valence-electron chi connectivity index (χ3n) is 5.56. The van der Waals surface area contributed by atoms with Gasteiger partial charge >= 0.3 is 0 Å². The molecule has 176 valence electrons. The number of hydrogen-bond donors (Lipinski definition) is 2. The van der Waals surface area contributed by atoms with E-state index in [2.05, 4.69) is 14.9 Å². The molecule has 4 rings (SSSR count). The van der Waals surface area contributed by atoms with Crippen LogP contribution in [0.3, 0.4) is 0 Å². The predicted octanol–water partition coefficient (Wildman–Crippen LogP) is 4.64. The molecule has 1 saturated heterocycles. The number of non-ortho nitro benzene ring substituents is 1. The van der Waals surface area contributed by atoms with Crippen LogP contribution >= 0.6 is 0 Å². The van der Waals surface area contributed by atoms with Crippen LogP contribution in [0.15, 0.2) is 77.7 Å². The number of rotatable bonds is 7. The Bertz CT molecular complexity index is 1300. The maximum Gasteiger partial charge on any atom is 0.270 e. The molecule has 10 heteroatoms. The number of nitro benzene ring substituents is 1. The van der Waals surface area contributed by atoms with Crippen molar-refractivity contribution < 1.29 is 18.1 Å². The van der Waals surface area contributed by atoms with E-state index in [9.17, 15) is 23.3 Å². The SMILES string of the molecule is O=C(Nc1cccc(N2CCCCC2)c1)c1ccc(NS(=O)(=O)c2cccc([N+](=O)[O-])c2)cc1. The quantitative estimate of drug-likeness (QED) is 0.375. The number of benzene rings is 3. The smallest absolute Gasteiger partial charge is 0.270 e. The summed E-state index contributed by atoms with van der Waals surface area (Å²) in [6.45, 7) is 2.01. The highest BCUT2D eigenvalue weighted by atomic mass is 32.2. The number of sulfonamides is 1. The Labute approximate surface area is 197 Å². The van der Waals surface area contributed by atoms with Gasteiger partial charge in [-0.15, -0.1) is 0 Å². The Morgan fingerprint density at radius 3 is 2.29 bits per heavy atom. The monoisotopic (exact) mass is 480 g/mol. The summed E-state index contributed by atoms with van der Waals surface area (Å²) in [5, 5.41) is 13.8. The minimum absolute atomic E-state index is 0.225. The molecule has 0 aliphatic carbocycles. The van der Waals surface area contributed by atoms with Crippen molar-refractivity contribution in [3.05, 3.63) is 88.5 Å². The highest BCUT2D eigenvalue weighted by Gasteiger charge is 2.18. The zero-order valence-electron chi connectivity index (χ0n) is 18.3. The minimum atomic E-state index is -4.03. The number of amides is 1. The summed E-state index contributed by atoms with van der Waals surface area (Å²) >= 11 is 0. The first-order valence-corrected chi connectivity index (χ1v) is 12.3. The van der Waals surface area contributed by atoms with Gasteiger partial charge in [-0.25, -0.2) is 8.42 Å². The molecule has 0 radical (unpaired) electrons. The van der Waals surface area contributed by atoms with E-state index in [4.69, 9.17) is 0 Å². The van der Waals surface area contributed by atoms with Gasteiger partial charge in [0.2, 0.25) is 0 Å². The van der Waals surface area contributed by atoms with Gasteiger partial charge in [0.05, 0.1) is 9.82 Å². The largest absolute Gasteiger partial charge is 0.371 e. The Balaban J connectivity index is 1.43.